The van der Waals surface area contributed by atoms with Crippen LogP contribution in [0, 0.1) is 6.92 Å². The smallest absolute Gasteiger partial charge is 0.220 e. The lowest BCUT2D eigenvalue weighted by molar-refractivity contribution is -0.121. The van der Waals surface area contributed by atoms with Gasteiger partial charge in [0.15, 0.2) is 0 Å². The predicted octanol–water partition coefficient (Wildman–Crippen LogP) is 4.55. The Morgan fingerprint density at radius 3 is 2.74 bits per heavy atom. The largest absolute Gasteiger partial charge is 0.459 e. The summed E-state index contributed by atoms with van der Waals surface area (Å²) in [4.78, 5) is 12.1. The lowest BCUT2D eigenvalue weighted by atomic mass is 10.1. The molecule has 0 radical (unpaired) electrons. The summed E-state index contributed by atoms with van der Waals surface area (Å²) in [5, 5.41) is 4.07. The molecule has 0 spiro atoms. The second-order valence-electron chi connectivity index (χ2n) is 5.96. The van der Waals surface area contributed by atoms with Crippen LogP contribution in [-0.4, -0.2) is 5.91 Å². The Labute approximate surface area is 136 Å². The van der Waals surface area contributed by atoms with Crippen LogP contribution in [0.3, 0.4) is 0 Å². The Kier molecular flexibility index (Phi) is 4.47. The molecule has 23 heavy (non-hydrogen) atoms. The highest BCUT2D eigenvalue weighted by atomic mass is 16.3. The maximum absolute atomic E-state index is 12.1. The van der Waals surface area contributed by atoms with E-state index in [1.54, 1.807) is 0 Å². The second kappa shape index (κ2) is 6.69. The minimum absolute atomic E-state index is 0.0412. The third-order valence-electron chi connectivity index (χ3n) is 3.97. The van der Waals surface area contributed by atoms with Gasteiger partial charge in [-0.05, 0) is 38.0 Å². The Morgan fingerprint density at radius 1 is 1.13 bits per heavy atom. The van der Waals surface area contributed by atoms with Gasteiger partial charge >= 0.3 is 0 Å². The molecule has 0 aliphatic heterocycles. The van der Waals surface area contributed by atoms with Crippen molar-refractivity contribution in [2.45, 2.75) is 32.7 Å². The first kappa shape index (κ1) is 15.3. The van der Waals surface area contributed by atoms with Crippen molar-refractivity contribution in [3.05, 3.63) is 71.5 Å². The average Bonchev–Trinajstić information content (AvgIpc) is 2.97. The van der Waals surface area contributed by atoms with Gasteiger partial charge < -0.3 is 9.73 Å². The van der Waals surface area contributed by atoms with E-state index in [0.29, 0.717) is 6.42 Å². The molecule has 0 bridgehead atoms. The predicted molar refractivity (Wildman–Crippen MR) is 92.3 cm³/mol. The maximum Gasteiger partial charge on any atom is 0.220 e. The molecule has 3 rings (SSSR count). The fourth-order valence-electron chi connectivity index (χ4n) is 2.73. The highest BCUT2D eigenvalue weighted by Crippen LogP contribution is 2.23. The fraction of sp³-hybridized carbons (Fsp3) is 0.250. The molecule has 0 fully saturated rings. The van der Waals surface area contributed by atoms with E-state index in [-0.39, 0.29) is 11.9 Å². The van der Waals surface area contributed by atoms with Crippen molar-refractivity contribution in [2.24, 2.45) is 0 Å². The molecular weight excluding hydrogens is 286 g/mol. The van der Waals surface area contributed by atoms with Gasteiger partial charge in [0.25, 0.3) is 0 Å². The molecule has 3 nitrogen and oxygen atoms in total. The maximum atomic E-state index is 12.1. The average molecular weight is 307 g/mol. The number of nitrogens with one attached hydrogen (secondary N) is 1. The zero-order chi connectivity index (χ0) is 16.2. The molecule has 1 amide bonds. The Bertz CT molecular complexity index is 786. The third kappa shape index (κ3) is 3.81. The number of carbonyl (C=O) groups excluding carboxylic acids is 1. The van der Waals surface area contributed by atoms with Crippen LogP contribution in [-0.2, 0) is 11.2 Å². The number of hydrogen-bond donors (Lipinski definition) is 1. The van der Waals surface area contributed by atoms with Gasteiger partial charge in [-0.25, -0.2) is 0 Å². The van der Waals surface area contributed by atoms with Crippen LogP contribution < -0.4 is 5.32 Å². The number of carbonyl (C=O) groups is 1. The van der Waals surface area contributed by atoms with Crippen molar-refractivity contribution < 1.29 is 9.21 Å². The summed E-state index contributed by atoms with van der Waals surface area (Å²) < 4.78 is 5.79. The van der Waals surface area contributed by atoms with Gasteiger partial charge in [0, 0.05) is 11.8 Å². The van der Waals surface area contributed by atoms with Gasteiger partial charge in [-0.15, -0.1) is 0 Å². The highest BCUT2D eigenvalue weighted by Gasteiger charge is 2.14. The zero-order valence-corrected chi connectivity index (χ0v) is 13.5. The van der Waals surface area contributed by atoms with Crippen molar-refractivity contribution in [3.63, 3.8) is 0 Å². The molecule has 2 aromatic carbocycles. The number of para-hydroxylation sites is 1. The standard InChI is InChI=1S/C20H21NO2/c1-14-6-5-7-16(12-14)10-11-20(22)21-15(2)19-13-17-8-3-4-9-18(17)23-19/h3-9,12-13,15H,10-11H2,1-2H3,(H,21,22). The van der Waals surface area contributed by atoms with Crippen molar-refractivity contribution >= 4 is 16.9 Å². The van der Waals surface area contributed by atoms with Gasteiger partial charge in [-0.3, -0.25) is 4.79 Å². The van der Waals surface area contributed by atoms with E-state index >= 15 is 0 Å². The Hall–Kier alpha value is -2.55. The van der Waals surface area contributed by atoms with E-state index in [2.05, 4.69) is 30.4 Å². The molecule has 3 heteroatoms. The van der Waals surface area contributed by atoms with Crippen molar-refractivity contribution in [3.8, 4) is 0 Å². The van der Waals surface area contributed by atoms with Gasteiger partial charge in [-0.2, -0.15) is 0 Å². The molecule has 1 heterocycles. The van der Waals surface area contributed by atoms with Gasteiger partial charge in [-0.1, -0.05) is 48.0 Å². The van der Waals surface area contributed by atoms with Crippen LogP contribution in [0.4, 0.5) is 0 Å². The van der Waals surface area contributed by atoms with E-state index in [1.165, 1.54) is 11.1 Å². The number of benzene rings is 2. The normalized spacial score (nSPS) is 12.3. The van der Waals surface area contributed by atoms with Crippen LogP contribution >= 0.6 is 0 Å². The first-order valence-corrected chi connectivity index (χ1v) is 7.95. The van der Waals surface area contributed by atoms with E-state index in [1.807, 2.05) is 43.3 Å². The van der Waals surface area contributed by atoms with Crippen LogP contribution in [0.25, 0.3) is 11.0 Å². The lowest BCUT2D eigenvalue weighted by Gasteiger charge is -2.11. The minimum Gasteiger partial charge on any atom is -0.459 e. The fourth-order valence-corrected chi connectivity index (χ4v) is 2.73. The summed E-state index contributed by atoms with van der Waals surface area (Å²) in [7, 11) is 0. The number of hydrogen-bond acceptors (Lipinski definition) is 2. The van der Waals surface area contributed by atoms with Crippen molar-refractivity contribution in [2.75, 3.05) is 0 Å². The third-order valence-corrected chi connectivity index (χ3v) is 3.97. The number of aryl methyl sites for hydroxylation is 2. The summed E-state index contributed by atoms with van der Waals surface area (Å²) in [5.41, 5.74) is 3.26. The molecule has 0 saturated heterocycles. The summed E-state index contributed by atoms with van der Waals surface area (Å²) >= 11 is 0. The second-order valence-corrected chi connectivity index (χ2v) is 5.96. The summed E-state index contributed by atoms with van der Waals surface area (Å²) in [5.74, 6) is 0.828. The molecule has 1 aromatic heterocycles. The van der Waals surface area contributed by atoms with Gasteiger partial charge in [0.1, 0.15) is 11.3 Å². The zero-order valence-electron chi connectivity index (χ0n) is 13.5. The monoisotopic (exact) mass is 307 g/mol. The summed E-state index contributed by atoms with van der Waals surface area (Å²) in [6.07, 6.45) is 1.23. The quantitative estimate of drug-likeness (QED) is 0.751. The lowest BCUT2D eigenvalue weighted by Crippen LogP contribution is -2.26. The Balaban J connectivity index is 1.58. The van der Waals surface area contributed by atoms with Gasteiger partial charge in [0.2, 0.25) is 5.91 Å². The highest BCUT2D eigenvalue weighted by molar-refractivity contribution is 5.79. The Morgan fingerprint density at radius 2 is 1.96 bits per heavy atom. The van der Waals surface area contributed by atoms with Crippen molar-refractivity contribution in [1.29, 1.82) is 0 Å². The SMILES string of the molecule is Cc1cccc(CCC(=O)NC(C)c2cc3ccccc3o2)c1. The molecule has 0 aliphatic carbocycles. The molecule has 1 unspecified atom stereocenters. The molecule has 3 aromatic rings. The molecular formula is C20H21NO2. The van der Waals surface area contributed by atoms with E-state index in [0.717, 1.165) is 23.2 Å². The van der Waals surface area contributed by atoms with Gasteiger partial charge in [0.05, 0.1) is 6.04 Å². The molecule has 118 valence electrons. The van der Waals surface area contributed by atoms with Crippen molar-refractivity contribution in [1.82, 2.24) is 5.32 Å². The molecule has 0 aliphatic rings. The summed E-state index contributed by atoms with van der Waals surface area (Å²) in [6, 6.07) is 18.0. The van der Waals surface area contributed by atoms with Crippen LogP contribution in [0.1, 0.15) is 36.3 Å². The van der Waals surface area contributed by atoms with E-state index in [4.69, 9.17) is 4.42 Å². The number of amides is 1. The molecule has 1 atom stereocenters. The number of furan rings is 1. The first-order valence-electron chi connectivity index (χ1n) is 7.95. The minimum atomic E-state index is -0.132. The van der Waals surface area contributed by atoms with E-state index < -0.39 is 0 Å². The van der Waals surface area contributed by atoms with Crippen LogP contribution in [0.15, 0.2) is 59.0 Å². The molecule has 0 saturated carbocycles. The van der Waals surface area contributed by atoms with E-state index in [9.17, 15) is 4.79 Å². The topological polar surface area (TPSA) is 42.2 Å². The number of rotatable bonds is 5. The molecule has 1 N–H and O–H groups in total. The summed E-state index contributed by atoms with van der Waals surface area (Å²) in [6.45, 7) is 4.01. The number of fused-ring (bicyclic) bond motifs is 1. The van der Waals surface area contributed by atoms with Crippen LogP contribution in [0.2, 0.25) is 0 Å². The van der Waals surface area contributed by atoms with Crippen LogP contribution in [0.5, 0.6) is 0 Å². The first-order chi connectivity index (χ1) is 11.1.